The fourth-order valence-electron chi connectivity index (χ4n) is 1.74. The highest BCUT2D eigenvalue weighted by Gasteiger charge is 2.25. The molecule has 0 amide bonds. The lowest BCUT2D eigenvalue weighted by Gasteiger charge is -2.16. The highest BCUT2D eigenvalue weighted by molar-refractivity contribution is 5.80. The van der Waals surface area contributed by atoms with Crippen LogP contribution in [0.5, 0.6) is 0 Å². The molecular weight excluding hydrogens is 288 g/mol. The van der Waals surface area contributed by atoms with E-state index in [0.717, 1.165) is 0 Å². The molecule has 6 heteroatoms. The van der Waals surface area contributed by atoms with Crippen LogP contribution >= 0.6 is 0 Å². The Morgan fingerprint density at radius 3 is 2.41 bits per heavy atom. The van der Waals surface area contributed by atoms with E-state index >= 15 is 0 Å². The smallest absolute Gasteiger partial charge is 0.351 e. The lowest BCUT2D eigenvalue weighted by atomic mass is 10.1. The number of hydrogen-bond acceptors (Lipinski definition) is 6. The number of carbonyl (C=O) groups excluding carboxylic acids is 2. The first kappa shape index (κ1) is 18.1. The second-order valence-corrected chi connectivity index (χ2v) is 4.51. The standard InChI is InChI=1S/C16H22O6/c1-19-11-12-21-10-6-9-14(17)22-15(16(18)20-2)13-7-4-3-5-8-13/h3-5,7-8,15H,6,9-12H2,1-2H3. The minimum absolute atomic E-state index is 0.174. The maximum absolute atomic E-state index is 11.8. The molecule has 22 heavy (non-hydrogen) atoms. The van der Waals surface area contributed by atoms with E-state index in [2.05, 4.69) is 4.74 Å². The molecule has 6 nitrogen and oxygen atoms in total. The lowest BCUT2D eigenvalue weighted by Crippen LogP contribution is -2.21. The molecule has 0 bridgehead atoms. The second kappa shape index (κ2) is 10.8. The van der Waals surface area contributed by atoms with Crippen molar-refractivity contribution in [3.63, 3.8) is 0 Å². The zero-order valence-corrected chi connectivity index (χ0v) is 12.9. The molecule has 0 saturated heterocycles. The third kappa shape index (κ3) is 6.69. The first-order valence-corrected chi connectivity index (χ1v) is 7.08. The maximum atomic E-state index is 11.8. The van der Waals surface area contributed by atoms with Crippen LogP contribution in [0.2, 0.25) is 0 Å². The summed E-state index contributed by atoms with van der Waals surface area (Å²) in [6, 6.07) is 8.77. The van der Waals surface area contributed by atoms with Gasteiger partial charge in [-0.15, -0.1) is 0 Å². The maximum Gasteiger partial charge on any atom is 0.351 e. The van der Waals surface area contributed by atoms with E-state index in [9.17, 15) is 9.59 Å². The summed E-state index contributed by atoms with van der Waals surface area (Å²) in [6.07, 6.45) is -0.341. The van der Waals surface area contributed by atoms with Crippen LogP contribution in [0.4, 0.5) is 0 Å². The Morgan fingerprint density at radius 1 is 1.05 bits per heavy atom. The minimum atomic E-state index is -1.03. The molecule has 0 radical (unpaired) electrons. The van der Waals surface area contributed by atoms with Crippen LogP contribution in [0.3, 0.4) is 0 Å². The van der Waals surface area contributed by atoms with E-state index < -0.39 is 18.0 Å². The Bertz CT molecular complexity index is 445. The van der Waals surface area contributed by atoms with Gasteiger partial charge in [-0.3, -0.25) is 4.79 Å². The summed E-state index contributed by atoms with van der Waals surface area (Å²) in [5, 5.41) is 0. The molecule has 0 fully saturated rings. The first-order chi connectivity index (χ1) is 10.7. The Kier molecular flexibility index (Phi) is 8.86. The summed E-state index contributed by atoms with van der Waals surface area (Å²) in [6.45, 7) is 1.44. The van der Waals surface area contributed by atoms with Crippen molar-refractivity contribution in [1.82, 2.24) is 0 Å². The van der Waals surface area contributed by atoms with Crippen molar-refractivity contribution in [3.8, 4) is 0 Å². The van der Waals surface area contributed by atoms with E-state index in [4.69, 9.17) is 14.2 Å². The van der Waals surface area contributed by atoms with Crippen molar-refractivity contribution in [2.45, 2.75) is 18.9 Å². The van der Waals surface area contributed by atoms with Crippen molar-refractivity contribution in [3.05, 3.63) is 35.9 Å². The van der Waals surface area contributed by atoms with E-state index in [-0.39, 0.29) is 6.42 Å². The highest BCUT2D eigenvalue weighted by Crippen LogP contribution is 2.19. The molecule has 0 aromatic heterocycles. The summed E-state index contributed by atoms with van der Waals surface area (Å²) in [4.78, 5) is 23.6. The fourth-order valence-corrected chi connectivity index (χ4v) is 1.74. The van der Waals surface area contributed by atoms with E-state index in [0.29, 0.717) is 31.8 Å². The average Bonchev–Trinajstić information content (AvgIpc) is 2.56. The number of carbonyl (C=O) groups is 2. The van der Waals surface area contributed by atoms with Gasteiger partial charge >= 0.3 is 11.9 Å². The van der Waals surface area contributed by atoms with Gasteiger partial charge in [-0.1, -0.05) is 30.3 Å². The van der Waals surface area contributed by atoms with Crippen LogP contribution in [0, 0.1) is 0 Å². The molecule has 122 valence electrons. The van der Waals surface area contributed by atoms with Gasteiger partial charge in [0.05, 0.1) is 20.3 Å². The summed E-state index contributed by atoms with van der Waals surface area (Å²) in [5.74, 6) is -1.06. The Morgan fingerprint density at radius 2 is 1.77 bits per heavy atom. The van der Waals surface area contributed by atoms with Crippen LogP contribution in [-0.2, 0) is 28.5 Å². The molecule has 0 aliphatic carbocycles. The van der Waals surface area contributed by atoms with E-state index in [1.807, 2.05) is 6.07 Å². The Hall–Kier alpha value is -1.92. The Balaban J connectivity index is 2.42. The van der Waals surface area contributed by atoms with Crippen LogP contribution in [0.25, 0.3) is 0 Å². The zero-order valence-electron chi connectivity index (χ0n) is 12.9. The van der Waals surface area contributed by atoms with Gasteiger partial charge in [-0.25, -0.2) is 4.79 Å². The Labute approximate surface area is 130 Å². The summed E-state index contributed by atoms with van der Waals surface area (Å²) >= 11 is 0. The fraction of sp³-hybridized carbons (Fsp3) is 0.500. The van der Waals surface area contributed by atoms with Gasteiger partial charge in [0, 0.05) is 25.7 Å². The van der Waals surface area contributed by atoms with Crippen molar-refractivity contribution in [1.29, 1.82) is 0 Å². The number of ether oxygens (including phenoxy) is 4. The number of benzene rings is 1. The molecule has 0 aliphatic rings. The van der Waals surface area contributed by atoms with E-state index in [1.165, 1.54) is 7.11 Å². The van der Waals surface area contributed by atoms with Gasteiger partial charge in [0.15, 0.2) is 0 Å². The molecule has 1 aromatic rings. The predicted molar refractivity (Wildman–Crippen MR) is 79.2 cm³/mol. The number of esters is 2. The molecule has 1 aromatic carbocycles. The summed E-state index contributed by atoms with van der Waals surface area (Å²) in [5.41, 5.74) is 0.582. The molecule has 0 heterocycles. The van der Waals surface area contributed by atoms with Crippen molar-refractivity contribution in [2.75, 3.05) is 34.0 Å². The largest absolute Gasteiger partial charge is 0.466 e. The third-order valence-corrected chi connectivity index (χ3v) is 2.87. The van der Waals surface area contributed by atoms with Gasteiger partial charge in [-0.05, 0) is 6.42 Å². The van der Waals surface area contributed by atoms with Gasteiger partial charge < -0.3 is 18.9 Å². The quantitative estimate of drug-likeness (QED) is 0.485. The molecule has 0 spiro atoms. The van der Waals surface area contributed by atoms with Crippen molar-refractivity contribution >= 4 is 11.9 Å². The van der Waals surface area contributed by atoms with Crippen LogP contribution in [0.15, 0.2) is 30.3 Å². The minimum Gasteiger partial charge on any atom is -0.466 e. The van der Waals surface area contributed by atoms with E-state index in [1.54, 1.807) is 31.4 Å². The summed E-state index contributed by atoms with van der Waals surface area (Å²) < 4.78 is 20.0. The normalized spacial score (nSPS) is 11.7. The molecule has 0 saturated carbocycles. The molecule has 1 rings (SSSR count). The zero-order chi connectivity index (χ0) is 16.2. The van der Waals surface area contributed by atoms with Crippen molar-refractivity contribution < 1.29 is 28.5 Å². The van der Waals surface area contributed by atoms with Crippen LogP contribution in [0.1, 0.15) is 24.5 Å². The highest BCUT2D eigenvalue weighted by atomic mass is 16.6. The molecule has 0 aliphatic heterocycles. The number of hydrogen-bond donors (Lipinski definition) is 0. The third-order valence-electron chi connectivity index (χ3n) is 2.87. The monoisotopic (exact) mass is 310 g/mol. The van der Waals surface area contributed by atoms with Gasteiger partial charge in [0.25, 0.3) is 0 Å². The van der Waals surface area contributed by atoms with Gasteiger partial charge in [0.1, 0.15) is 0 Å². The summed E-state index contributed by atoms with van der Waals surface area (Å²) in [7, 11) is 2.85. The molecule has 0 N–H and O–H groups in total. The molecule has 1 atom stereocenters. The molecule has 1 unspecified atom stereocenters. The van der Waals surface area contributed by atoms with Gasteiger partial charge in [-0.2, -0.15) is 0 Å². The predicted octanol–water partition coefficient (Wildman–Crippen LogP) is 1.89. The second-order valence-electron chi connectivity index (χ2n) is 4.51. The van der Waals surface area contributed by atoms with Crippen LogP contribution in [-0.4, -0.2) is 46.0 Å². The van der Waals surface area contributed by atoms with Crippen LogP contribution < -0.4 is 0 Å². The molecular formula is C16H22O6. The lowest BCUT2D eigenvalue weighted by molar-refractivity contribution is -0.166. The number of rotatable bonds is 10. The van der Waals surface area contributed by atoms with Crippen molar-refractivity contribution in [2.24, 2.45) is 0 Å². The SMILES string of the molecule is COCCOCCCC(=O)OC(C(=O)OC)c1ccccc1. The topological polar surface area (TPSA) is 71.1 Å². The van der Waals surface area contributed by atoms with Gasteiger partial charge in [0.2, 0.25) is 6.10 Å². The number of methoxy groups -OCH3 is 2. The first-order valence-electron chi connectivity index (χ1n) is 7.08. The average molecular weight is 310 g/mol.